The summed E-state index contributed by atoms with van der Waals surface area (Å²) in [6, 6.07) is 7.80. The predicted molar refractivity (Wildman–Crippen MR) is 94.8 cm³/mol. The number of benzene rings is 1. The van der Waals surface area contributed by atoms with E-state index in [1.54, 1.807) is 0 Å². The first-order valence-electron chi connectivity index (χ1n) is 9.12. The zero-order valence-electron chi connectivity index (χ0n) is 14.9. The number of ether oxygens (including phenoxy) is 5. The van der Waals surface area contributed by atoms with Crippen LogP contribution in [-0.4, -0.2) is 43.1 Å². The fraction of sp³-hybridized carbons (Fsp3) is 0.600. The molecular weight excluding hydrogens is 356 g/mol. The van der Waals surface area contributed by atoms with E-state index in [-0.39, 0.29) is 36.4 Å². The number of rotatable bonds is 1. The second kappa shape index (κ2) is 6.03. The molecule has 0 unspecified atom stereocenters. The van der Waals surface area contributed by atoms with E-state index in [0.717, 1.165) is 22.6 Å². The highest BCUT2D eigenvalue weighted by Crippen LogP contribution is 2.48. The van der Waals surface area contributed by atoms with Crippen molar-refractivity contribution >= 4 is 11.6 Å². The summed E-state index contributed by atoms with van der Waals surface area (Å²) in [6.07, 6.45) is -0.420. The Morgan fingerprint density at radius 1 is 1.00 bits per heavy atom. The van der Waals surface area contributed by atoms with Gasteiger partial charge in [0.05, 0.1) is 18.8 Å². The third-order valence-electron chi connectivity index (χ3n) is 5.75. The summed E-state index contributed by atoms with van der Waals surface area (Å²) in [5.74, 6) is -0.518. The van der Waals surface area contributed by atoms with Gasteiger partial charge < -0.3 is 23.7 Å². The number of hydrogen-bond acceptors (Lipinski definition) is 5. The van der Waals surface area contributed by atoms with Gasteiger partial charge in [-0.05, 0) is 38.0 Å². The average Bonchev–Trinajstić information content (AvgIpc) is 3.07. The van der Waals surface area contributed by atoms with Crippen molar-refractivity contribution in [1.29, 1.82) is 0 Å². The highest BCUT2D eigenvalue weighted by atomic mass is 35.5. The third-order valence-corrected chi connectivity index (χ3v) is 6.00. The van der Waals surface area contributed by atoms with Crippen LogP contribution in [0, 0.1) is 5.92 Å². The zero-order valence-corrected chi connectivity index (χ0v) is 15.6. The molecule has 5 rings (SSSR count). The SMILES string of the molecule is C=C1C[C@H](c2ccc(Cl)cc2)O[C@@H]2[C@H]3O[C@@H]4OC(C)(C)O[C@@H]4[C@H]3OC[C@@H]12. The molecule has 0 saturated carbocycles. The molecule has 0 N–H and O–H groups in total. The molecule has 6 heteroatoms. The minimum atomic E-state index is -0.649. The molecule has 140 valence electrons. The van der Waals surface area contributed by atoms with Gasteiger partial charge in [-0.25, -0.2) is 0 Å². The normalized spacial score (nSPS) is 43.7. The third kappa shape index (κ3) is 2.73. The molecule has 4 aliphatic rings. The molecule has 5 nitrogen and oxygen atoms in total. The highest BCUT2D eigenvalue weighted by Gasteiger charge is 2.61. The summed E-state index contributed by atoms with van der Waals surface area (Å²) < 4.78 is 30.7. The first-order valence-corrected chi connectivity index (χ1v) is 9.50. The number of halogens is 1. The lowest BCUT2D eigenvalue weighted by molar-refractivity contribution is -0.260. The maximum atomic E-state index is 6.50. The quantitative estimate of drug-likeness (QED) is 0.698. The van der Waals surface area contributed by atoms with Gasteiger partial charge >= 0.3 is 0 Å². The van der Waals surface area contributed by atoms with E-state index in [0.29, 0.717) is 6.61 Å². The van der Waals surface area contributed by atoms with Crippen LogP contribution in [0.4, 0.5) is 0 Å². The molecule has 0 aliphatic carbocycles. The molecule has 0 spiro atoms. The lowest BCUT2D eigenvalue weighted by atomic mass is 9.81. The van der Waals surface area contributed by atoms with Gasteiger partial charge in [-0.15, -0.1) is 0 Å². The van der Waals surface area contributed by atoms with Crippen LogP contribution >= 0.6 is 11.6 Å². The topological polar surface area (TPSA) is 46.2 Å². The van der Waals surface area contributed by atoms with Crippen molar-refractivity contribution in [2.24, 2.45) is 5.92 Å². The summed E-state index contributed by atoms with van der Waals surface area (Å²) in [5.41, 5.74) is 2.24. The molecule has 4 fully saturated rings. The lowest BCUT2D eigenvalue weighted by Crippen LogP contribution is -2.55. The van der Waals surface area contributed by atoms with Gasteiger partial charge in [0.2, 0.25) is 0 Å². The van der Waals surface area contributed by atoms with Crippen molar-refractivity contribution in [3.63, 3.8) is 0 Å². The second-order valence-corrected chi connectivity index (χ2v) is 8.41. The van der Waals surface area contributed by atoms with E-state index in [1.807, 2.05) is 38.1 Å². The van der Waals surface area contributed by atoms with Gasteiger partial charge in [-0.2, -0.15) is 0 Å². The van der Waals surface area contributed by atoms with Crippen molar-refractivity contribution in [2.75, 3.05) is 6.61 Å². The Hall–Kier alpha value is -0.950. The Morgan fingerprint density at radius 3 is 2.54 bits per heavy atom. The Bertz CT molecular complexity index is 717. The van der Waals surface area contributed by atoms with Crippen LogP contribution < -0.4 is 0 Å². The van der Waals surface area contributed by atoms with Crippen molar-refractivity contribution < 1.29 is 23.7 Å². The molecule has 0 aromatic heterocycles. The molecular formula is C20H23ClO5. The van der Waals surface area contributed by atoms with Crippen LogP contribution in [0.5, 0.6) is 0 Å². The lowest BCUT2D eigenvalue weighted by Gasteiger charge is -2.46. The van der Waals surface area contributed by atoms with Gasteiger partial charge in [0.25, 0.3) is 0 Å². The Morgan fingerprint density at radius 2 is 1.77 bits per heavy atom. The van der Waals surface area contributed by atoms with Gasteiger partial charge in [0.1, 0.15) is 18.3 Å². The maximum absolute atomic E-state index is 6.50. The molecule has 4 saturated heterocycles. The van der Waals surface area contributed by atoms with Gasteiger partial charge in [-0.3, -0.25) is 0 Å². The minimum Gasteiger partial charge on any atom is -0.372 e. The van der Waals surface area contributed by atoms with Crippen LogP contribution in [0.2, 0.25) is 5.02 Å². The smallest absolute Gasteiger partial charge is 0.190 e. The van der Waals surface area contributed by atoms with E-state index in [9.17, 15) is 0 Å². The Kier molecular flexibility index (Phi) is 3.98. The van der Waals surface area contributed by atoms with Crippen molar-refractivity contribution in [3.05, 3.63) is 47.0 Å². The number of hydrogen-bond donors (Lipinski definition) is 0. The van der Waals surface area contributed by atoms with E-state index in [4.69, 9.17) is 35.3 Å². The first kappa shape index (κ1) is 17.2. The average molecular weight is 379 g/mol. The molecule has 0 radical (unpaired) electrons. The predicted octanol–water partition coefficient (Wildman–Crippen LogP) is 3.62. The van der Waals surface area contributed by atoms with Crippen LogP contribution in [0.1, 0.15) is 31.9 Å². The summed E-state index contributed by atoms with van der Waals surface area (Å²) in [6.45, 7) is 8.66. The number of fused-ring (bicyclic) bond motifs is 5. The van der Waals surface area contributed by atoms with Gasteiger partial charge in [0, 0.05) is 10.9 Å². The summed E-state index contributed by atoms with van der Waals surface area (Å²) >= 11 is 6.02. The molecule has 7 atom stereocenters. The van der Waals surface area contributed by atoms with E-state index in [2.05, 4.69) is 6.58 Å². The minimum absolute atomic E-state index is 0.0536. The van der Waals surface area contributed by atoms with Crippen molar-refractivity contribution in [2.45, 2.75) is 62.9 Å². The monoisotopic (exact) mass is 378 g/mol. The first-order chi connectivity index (χ1) is 12.4. The van der Waals surface area contributed by atoms with Crippen LogP contribution in [0.3, 0.4) is 0 Å². The molecule has 4 heterocycles. The second-order valence-electron chi connectivity index (χ2n) is 7.98. The fourth-order valence-corrected chi connectivity index (χ4v) is 4.65. The molecule has 4 aliphatic heterocycles. The molecule has 26 heavy (non-hydrogen) atoms. The largest absolute Gasteiger partial charge is 0.372 e. The highest BCUT2D eigenvalue weighted by molar-refractivity contribution is 6.30. The standard InChI is InChI=1S/C20H23ClO5/c1-10-8-14(11-4-6-12(21)7-5-11)23-15-13(10)9-22-16-17(15)24-19-18(16)25-20(2,3)26-19/h4-7,13-19H,1,8-9H2,2-3H3/t13-,14+,15-,16-,17+,18+,19+/m0/s1. The van der Waals surface area contributed by atoms with E-state index < -0.39 is 12.1 Å². The molecule has 1 aromatic rings. The summed E-state index contributed by atoms with van der Waals surface area (Å²) in [7, 11) is 0. The molecule has 0 amide bonds. The van der Waals surface area contributed by atoms with E-state index >= 15 is 0 Å². The van der Waals surface area contributed by atoms with Crippen LogP contribution in [-0.2, 0) is 23.7 Å². The van der Waals surface area contributed by atoms with Gasteiger partial charge in [-0.1, -0.05) is 35.9 Å². The van der Waals surface area contributed by atoms with Crippen LogP contribution in [0.25, 0.3) is 0 Å². The maximum Gasteiger partial charge on any atom is 0.190 e. The summed E-state index contributed by atoms with van der Waals surface area (Å²) in [5, 5.41) is 0.719. The Labute approximate surface area is 158 Å². The zero-order chi connectivity index (χ0) is 18.1. The van der Waals surface area contributed by atoms with Crippen molar-refractivity contribution in [3.8, 4) is 0 Å². The van der Waals surface area contributed by atoms with Gasteiger partial charge in [0.15, 0.2) is 12.1 Å². The van der Waals surface area contributed by atoms with Crippen LogP contribution in [0.15, 0.2) is 36.4 Å². The molecule has 0 bridgehead atoms. The fourth-order valence-electron chi connectivity index (χ4n) is 4.52. The Balaban J connectivity index is 1.39. The van der Waals surface area contributed by atoms with Crippen molar-refractivity contribution in [1.82, 2.24) is 0 Å². The summed E-state index contributed by atoms with van der Waals surface area (Å²) in [4.78, 5) is 0. The molecule has 1 aromatic carbocycles. The van der Waals surface area contributed by atoms with E-state index in [1.165, 1.54) is 0 Å².